The second-order valence-electron chi connectivity index (χ2n) is 9.53. The standard InChI is InChI=1S/C30H36FN3O4S/c1-5-23(4)32-30(36)27(6-2)33(20-24-18-16-22(3)17-19-24)29(35)21-34(28-15-11-10-14-26(28)31)39(37,38)25-12-8-7-9-13-25/h7-19,23,27H,5-6,20-21H2,1-4H3,(H,32,36). The summed E-state index contributed by atoms with van der Waals surface area (Å²) in [5.41, 5.74) is 1.58. The van der Waals surface area contributed by atoms with E-state index >= 15 is 0 Å². The van der Waals surface area contributed by atoms with Gasteiger partial charge in [-0.15, -0.1) is 0 Å². The lowest BCUT2D eigenvalue weighted by molar-refractivity contribution is -0.140. The van der Waals surface area contributed by atoms with Gasteiger partial charge in [-0.25, -0.2) is 12.8 Å². The predicted octanol–water partition coefficient (Wildman–Crippen LogP) is 5.05. The molecule has 9 heteroatoms. The zero-order chi connectivity index (χ0) is 28.6. The van der Waals surface area contributed by atoms with Crippen molar-refractivity contribution in [2.45, 2.75) is 64.1 Å². The summed E-state index contributed by atoms with van der Waals surface area (Å²) in [6.07, 6.45) is 1.02. The van der Waals surface area contributed by atoms with Crippen LogP contribution in [-0.4, -0.2) is 43.8 Å². The highest BCUT2D eigenvalue weighted by molar-refractivity contribution is 7.92. The van der Waals surface area contributed by atoms with E-state index in [1.54, 1.807) is 25.1 Å². The second-order valence-corrected chi connectivity index (χ2v) is 11.4. The van der Waals surface area contributed by atoms with Crippen LogP contribution in [0.4, 0.5) is 10.1 Å². The highest BCUT2D eigenvalue weighted by Gasteiger charge is 2.34. The molecule has 3 rings (SSSR count). The number of nitrogens with zero attached hydrogens (tertiary/aromatic N) is 2. The second kappa shape index (κ2) is 13.4. The minimum Gasteiger partial charge on any atom is -0.352 e. The minimum absolute atomic E-state index is 0.0762. The van der Waals surface area contributed by atoms with E-state index < -0.39 is 34.3 Å². The Morgan fingerprint density at radius 1 is 0.897 bits per heavy atom. The summed E-state index contributed by atoms with van der Waals surface area (Å²) in [5.74, 6) is -1.73. The number of carbonyl (C=O) groups is 2. The predicted molar refractivity (Wildman–Crippen MR) is 151 cm³/mol. The first kappa shape index (κ1) is 29.8. The maximum Gasteiger partial charge on any atom is 0.264 e. The van der Waals surface area contributed by atoms with Crippen molar-refractivity contribution < 1.29 is 22.4 Å². The SMILES string of the molecule is CCC(C)NC(=O)C(CC)N(Cc1ccc(C)cc1)C(=O)CN(c1ccccc1F)S(=O)(=O)c1ccccc1. The van der Waals surface area contributed by atoms with Crippen LogP contribution in [0.3, 0.4) is 0 Å². The molecule has 0 aromatic heterocycles. The van der Waals surface area contributed by atoms with Crippen molar-refractivity contribution in [3.63, 3.8) is 0 Å². The Balaban J connectivity index is 2.05. The summed E-state index contributed by atoms with van der Waals surface area (Å²) in [6.45, 7) is 6.97. The number of rotatable bonds is 12. The number of aryl methyl sites for hydroxylation is 1. The van der Waals surface area contributed by atoms with Gasteiger partial charge in [0, 0.05) is 12.6 Å². The number of carbonyl (C=O) groups excluding carboxylic acids is 2. The van der Waals surface area contributed by atoms with Crippen LogP contribution < -0.4 is 9.62 Å². The van der Waals surface area contributed by atoms with Crippen LogP contribution >= 0.6 is 0 Å². The molecule has 0 saturated carbocycles. The molecule has 2 atom stereocenters. The summed E-state index contributed by atoms with van der Waals surface area (Å²) >= 11 is 0. The van der Waals surface area contributed by atoms with E-state index in [0.717, 1.165) is 21.5 Å². The summed E-state index contributed by atoms with van der Waals surface area (Å²) in [4.78, 5) is 28.5. The van der Waals surface area contributed by atoms with Crippen LogP contribution in [0.2, 0.25) is 0 Å². The number of hydrogen-bond donors (Lipinski definition) is 1. The molecule has 0 bridgehead atoms. The van der Waals surface area contributed by atoms with E-state index in [1.807, 2.05) is 45.0 Å². The number of nitrogens with one attached hydrogen (secondary N) is 1. The molecule has 2 unspecified atom stereocenters. The number of amides is 2. The number of anilines is 1. The fourth-order valence-electron chi connectivity index (χ4n) is 4.14. The Morgan fingerprint density at radius 2 is 1.51 bits per heavy atom. The first-order valence-corrected chi connectivity index (χ1v) is 14.5. The lowest BCUT2D eigenvalue weighted by Gasteiger charge is -2.33. The van der Waals surface area contributed by atoms with Gasteiger partial charge >= 0.3 is 0 Å². The third-order valence-electron chi connectivity index (χ3n) is 6.59. The maximum atomic E-state index is 15.0. The average molecular weight is 554 g/mol. The molecule has 2 amide bonds. The van der Waals surface area contributed by atoms with E-state index in [1.165, 1.54) is 35.2 Å². The van der Waals surface area contributed by atoms with Gasteiger partial charge in [-0.1, -0.05) is 74.0 Å². The van der Waals surface area contributed by atoms with Gasteiger partial charge in [0.1, 0.15) is 18.4 Å². The molecule has 0 aliphatic heterocycles. The fourth-order valence-corrected chi connectivity index (χ4v) is 5.58. The van der Waals surface area contributed by atoms with Gasteiger partial charge in [-0.05, 0) is 56.5 Å². The first-order valence-electron chi connectivity index (χ1n) is 13.1. The molecule has 1 N–H and O–H groups in total. The third-order valence-corrected chi connectivity index (χ3v) is 8.37. The van der Waals surface area contributed by atoms with Gasteiger partial charge < -0.3 is 10.2 Å². The molecule has 0 radical (unpaired) electrons. The molecule has 0 fully saturated rings. The molecule has 7 nitrogen and oxygen atoms in total. The van der Waals surface area contributed by atoms with Crippen LogP contribution in [0.15, 0.2) is 83.8 Å². The van der Waals surface area contributed by atoms with E-state index in [4.69, 9.17) is 0 Å². The average Bonchev–Trinajstić information content (AvgIpc) is 2.93. The van der Waals surface area contributed by atoms with Gasteiger partial charge in [0.15, 0.2) is 0 Å². The van der Waals surface area contributed by atoms with Gasteiger partial charge in [0.2, 0.25) is 11.8 Å². The smallest absolute Gasteiger partial charge is 0.264 e. The van der Waals surface area contributed by atoms with Crippen LogP contribution in [0, 0.1) is 12.7 Å². The number of hydrogen-bond acceptors (Lipinski definition) is 4. The van der Waals surface area contributed by atoms with Crippen LogP contribution in [0.5, 0.6) is 0 Å². The van der Waals surface area contributed by atoms with Crippen LogP contribution in [0.1, 0.15) is 44.7 Å². The van der Waals surface area contributed by atoms with Gasteiger partial charge in [0.05, 0.1) is 10.6 Å². The molecule has 208 valence electrons. The summed E-state index contributed by atoms with van der Waals surface area (Å²) in [6, 6.07) is 19.6. The monoisotopic (exact) mass is 553 g/mol. The van der Waals surface area contributed by atoms with Crippen LogP contribution in [-0.2, 0) is 26.2 Å². The van der Waals surface area contributed by atoms with Gasteiger partial charge in [0.25, 0.3) is 10.0 Å². The Bertz CT molecular complexity index is 1360. The van der Waals surface area contributed by atoms with E-state index in [9.17, 15) is 22.4 Å². The summed E-state index contributed by atoms with van der Waals surface area (Å²) in [7, 11) is -4.31. The number of benzene rings is 3. The van der Waals surface area contributed by atoms with Crippen molar-refractivity contribution in [3.8, 4) is 0 Å². The third kappa shape index (κ3) is 7.44. The molecular weight excluding hydrogens is 517 g/mol. The lowest BCUT2D eigenvalue weighted by atomic mass is 10.1. The molecule has 3 aromatic rings. The van der Waals surface area contributed by atoms with Crippen molar-refractivity contribution in [2.24, 2.45) is 0 Å². The molecule has 3 aromatic carbocycles. The quantitative estimate of drug-likeness (QED) is 0.340. The Morgan fingerprint density at radius 3 is 2.10 bits per heavy atom. The molecule has 0 aliphatic carbocycles. The fraction of sp³-hybridized carbons (Fsp3) is 0.333. The summed E-state index contributed by atoms with van der Waals surface area (Å²) in [5, 5.41) is 2.94. The number of halogens is 1. The van der Waals surface area contributed by atoms with E-state index in [2.05, 4.69) is 5.32 Å². The highest BCUT2D eigenvalue weighted by atomic mass is 32.2. The molecule has 0 saturated heterocycles. The highest BCUT2D eigenvalue weighted by Crippen LogP contribution is 2.27. The zero-order valence-electron chi connectivity index (χ0n) is 22.8. The van der Waals surface area contributed by atoms with E-state index in [0.29, 0.717) is 12.8 Å². The minimum atomic E-state index is -4.31. The number of sulfonamides is 1. The maximum absolute atomic E-state index is 15.0. The van der Waals surface area contributed by atoms with Crippen molar-refractivity contribution in [2.75, 3.05) is 10.8 Å². The normalized spacial score (nSPS) is 12.8. The Labute approximate surface area is 230 Å². The molecule has 0 spiro atoms. The van der Waals surface area contributed by atoms with Crippen molar-refractivity contribution in [1.82, 2.24) is 10.2 Å². The number of para-hydroxylation sites is 1. The zero-order valence-corrected chi connectivity index (χ0v) is 23.6. The van der Waals surface area contributed by atoms with E-state index in [-0.39, 0.29) is 29.1 Å². The van der Waals surface area contributed by atoms with Crippen molar-refractivity contribution in [3.05, 3.63) is 95.8 Å². The lowest BCUT2D eigenvalue weighted by Crippen LogP contribution is -2.53. The first-order chi connectivity index (χ1) is 18.6. The topological polar surface area (TPSA) is 86.8 Å². The molecule has 0 aliphatic rings. The molecule has 0 heterocycles. The Kier molecular flexibility index (Phi) is 10.2. The molecule has 39 heavy (non-hydrogen) atoms. The van der Waals surface area contributed by atoms with Crippen molar-refractivity contribution in [1.29, 1.82) is 0 Å². The summed E-state index contributed by atoms with van der Waals surface area (Å²) < 4.78 is 43.2. The Hall–Kier alpha value is -3.72. The van der Waals surface area contributed by atoms with Crippen LogP contribution in [0.25, 0.3) is 0 Å². The largest absolute Gasteiger partial charge is 0.352 e. The molecular formula is C30H36FN3O4S. The van der Waals surface area contributed by atoms with Gasteiger partial charge in [-0.3, -0.25) is 13.9 Å². The van der Waals surface area contributed by atoms with Gasteiger partial charge in [-0.2, -0.15) is 0 Å². The van der Waals surface area contributed by atoms with Crippen molar-refractivity contribution >= 4 is 27.5 Å².